The molecule has 88 valence electrons. The maximum absolute atomic E-state index is 11.9. The van der Waals surface area contributed by atoms with Crippen molar-refractivity contribution in [2.45, 2.75) is 6.92 Å². The Kier molecular flexibility index (Phi) is 2.90. The second kappa shape index (κ2) is 4.22. The Morgan fingerprint density at radius 1 is 1.18 bits per heavy atom. The molecule has 0 aliphatic carbocycles. The van der Waals surface area contributed by atoms with E-state index in [1.165, 1.54) is 23.9 Å². The molecule has 0 fully saturated rings. The molecule has 1 heterocycles. The number of nitrogens with zero attached hydrogens (tertiary/aromatic N) is 2. The lowest BCUT2D eigenvalue weighted by Crippen LogP contribution is -2.36. The van der Waals surface area contributed by atoms with Gasteiger partial charge >= 0.3 is 5.69 Å². The number of benzene rings is 1. The summed E-state index contributed by atoms with van der Waals surface area (Å²) in [6.07, 6.45) is 1.46. The summed E-state index contributed by atoms with van der Waals surface area (Å²) in [6.45, 7) is 1.83. The van der Waals surface area contributed by atoms with Crippen LogP contribution in [0.15, 0.2) is 40.1 Å². The van der Waals surface area contributed by atoms with Crippen LogP contribution in [0.5, 0.6) is 0 Å². The number of hydrogen-bond donors (Lipinski definition) is 0. The average Bonchev–Trinajstić information content (AvgIpc) is 2.31. The van der Waals surface area contributed by atoms with E-state index < -0.39 is 0 Å². The summed E-state index contributed by atoms with van der Waals surface area (Å²) in [5.74, 6) is 0. The van der Waals surface area contributed by atoms with Crippen molar-refractivity contribution < 1.29 is 0 Å². The van der Waals surface area contributed by atoms with Crippen LogP contribution in [0.3, 0.4) is 0 Å². The first-order valence-corrected chi connectivity index (χ1v) is 5.44. The van der Waals surface area contributed by atoms with Crippen LogP contribution in [0, 0.1) is 6.92 Å². The molecule has 0 radical (unpaired) electrons. The van der Waals surface area contributed by atoms with E-state index in [1.54, 1.807) is 18.2 Å². The van der Waals surface area contributed by atoms with Gasteiger partial charge in [0.05, 0.1) is 5.69 Å². The highest BCUT2D eigenvalue weighted by atomic mass is 35.5. The summed E-state index contributed by atoms with van der Waals surface area (Å²) >= 11 is 6.00. The zero-order valence-corrected chi connectivity index (χ0v) is 10.2. The zero-order valence-electron chi connectivity index (χ0n) is 9.48. The third kappa shape index (κ3) is 1.91. The fourth-order valence-corrected chi connectivity index (χ4v) is 1.78. The van der Waals surface area contributed by atoms with Crippen molar-refractivity contribution >= 4 is 11.6 Å². The summed E-state index contributed by atoms with van der Waals surface area (Å²) in [4.78, 5) is 23.2. The number of rotatable bonds is 1. The second-order valence-electron chi connectivity index (χ2n) is 3.75. The minimum atomic E-state index is -0.386. The highest BCUT2D eigenvalue weighted by Crippen LogP contribution is 2.20. The van der Waals surface area contributed by atoms with Crippen LogP contribution >= 0.6 is 11.6 Å². The monoisotopic (exact) mass is 250 g/mol. The highest BCUT2D eigenvalue weighted by Gasteiger charge is 2.07. The molecule has 0 saturated carbocycles. The van der Waals surface area contributed by atoms with Gasteiger partial charge in [-0.1, -0.05) is 17.7 Å². The Labute approximate surface area is 103 Å². The molecule has 1 aromatic heterocycles. The molecule has 0 aliphatic rings. The minimum absolute atomic E-state index is 0.328. The van der Waals surface area contributed by atoms with Gasteiger partial charge in [-0.25, -0.2) is 4.79 Å². The van der Waals surface area contributed by atoms with Crippen LogP contribution in [-0.2, 0) is 7.05 Å². The summed E-state index contributed by atoms with van der Waals surface area (Å²) in [5, 5.41) is 0.586. The molecule has 0 unspecified atom stereocenters. The molecule has 2 aromatic rings. The lowest BCUT2D eigenvalue weighted by atomic mass is 10.2. The largest absolute Gasteiger partial charge is 0.335 e. The molecule has 5 heteroatoms. The standard InChI is InChI=1S/C12H11ClN2O2/c1-8-9(13)4-3-5-10(8)15-7-6-11(16)14(2)12(15)17/h3-7H,1-2H3. The first-order valence-electron chi connectivity index (χ1n) is 5.06. The van der Waals surface area contributed by atoms with Gasteiger partial charge in [0.25, 0.3) is 5.56 Å². The van der Waals surface area contributed by atoms with Crippen molar-refractivity contribution in [3.05, 3.63) is 61.9 Å². The summed E-state index contributed by atoms with van der Waals surface area (Å²) in [5.41, 5.74) is 0.766. The fourth-order valence-electron chi connectivity index (χ4n) is 1.61. The molecular formula is C12H11ClN2O2. The van der Waals surface area contributed by atoms with Gasteiger partial charge in [-0.15, -0.1) is 0 Å². The van der Waals surface area contributed by atoms with Gasteiger partial charge in [-0.3, -0.25) is 13.9 Å². The molecule has 0 atom stereocenters. The smallest absolute Gasteiger partial charge is 0.269 e. The Bertz CT molecular complexity index is 686. The predicted molar refractivity (Wildman–Crippen MR) is 67.0 cm³/mol. The Hall–Kier alpha value is -1.81. The summed E-state index contributed by atoms with van der Waals surface area (Å²) in [6, 6.07) is 6.66. The van der Waals surface area contributed by atoms with Crippen LogP contribution in [0.4, 0.5) is 0 Å². The molecule has 17 heavy (non-hydrogen) atoms. The van der Waals surface area contributed by atoms with Crippen molar-refractivity contribution in [3.8, 4) is 5.69 Å². The van der Waals surface area contributed by atoms with Gasteiger partial charge in [-0.2, -0.15) is 0 Å². The molecule has 0 aliphatic heterocycles. The van der Waals surface area contributed by atoms with Gasteiger partial charge in [0.15, 0.2) is 0 Å². The van der Waals surface area contributed by atoms with E-state index in [9.17, 15) is 9.59 Å². The van der Waals surface area contributed by atoms with E-state index in [1.807, 2.05) is 6.92 Å². The molecule has 0 amide bonds. The quantitative estimate of drug-likeness (QED) is 0.770. The van der Waals surface area contributed by atoms with E-state index in [2.05, 4.69) is 0 Å². The van der Waals surface area contributed by atoms with Crippen LogP contribution in [-0.4, -0.2) is 9.13 Å². The average molecular weight is 251 g/mol. The first kappa shape index (κ1) is 11.7. The van der Waals surface area contributed by atoms with Crippen molar-refractivity contribution in [2.75, 3.05) is 0 Å². The Morgan fingerprint density at radius 3 is 2.59 bits per heavy atom. The number of halogens is 1. The van der Waals surface area contributed by atoms with E-state index in [-0.39, 0.29) is 11.2 Å². The van der Waals surface area contributed by atoms with Crippen LogP contribution in [0.25, 0.3) is 5.69 Å². The third-order valence-corrected chi connectivity index (χ3v) is 3.10. The van der Waals surface area contributed by atoms with Crippen molar-refractivity contribution in [2.24, 2.45) is 7.05 Å². The lowest BCUT2D eigenvalue weighted by Gasteiger charge is -2.10. The van der Waals surface area contributed by atoms with Crippen molar-refractivity contribution in [3.63, 3.8) is 0 Å². The molecule has 0 saturated heterocycles. The Balaban J connectivity index is 2.79. The molecule has 1 aromatic carbocycles. The molecular weight excluding hydrogens is 240 g/mol. The SMILES string of the molecule is Cc1c(Cl)cccc1-n1ccc(=O)n(C)c1=O. The normalized spacial score (nSPS) is 10.5. The van der Waals surface area contributed by atoms with E-state index in [0.29, 0.717) is 10.7 Å². The highest BCUT2D eigenvalue weighted by molar-refractivity contribution is 6.31. The van der Waals surface area contributed by atoms with Gasteiger partial charge in [-0.05, 0) is 24.6 Å². The molecule has 0 bridgehead atoms. The van der Waals surface area contributed by atoms with Gasteiger partial charge in [0, 0.05) is 24.3 Å². The summed E-state index contributed by atoms with van der Waals surface area (Å²) in [7, 11) is 1.45. The first-order chi connectivity index (χ1) is 8.02. The van der Waals surface area contributed by atoms with Crippen LogP contribution in [0.1, 0.15) is 5.56 Å². The van der Waals surface area contributed by atoms with Crippen molar-refractivity contribution in [1.82, 2.24) is 9.13 Å². The van der Waals surface area contributed by atoms with Gasteiger partial charge in [0.2, 0.25) is 0 Å². The maximum atomic E-state index is 11.9. The van der Waals surface area contributed by atoms with Crippen LogP contribution in [0.2, 0.25) is 5.02 Å². The van der Waals surface area contributed by atoms with E-state index >= 15 is 0 Å². The van der Waals surface area contributed by atoms with E-state index in [4.69, 9.17) is 11.6 Å². The molecule has 0 N–H and O–H groups in total. The van der Waals surface area contributed by atoms with E-state index in [0.717, 1.165) is 10.1 Å². The minimum Gasteiger partial charge on any atom is -0.269 e. The number of aromatic nitrogens is 2. The van der Waals surface area contributed by atoms with Gasteiger partial charge < -0.3 is 0 Å². The Morgan fingerprint density at radius 2 is 1.88 bits per heavy atom. The van der Waals surface area contributed by atoms with Crippen molar-refractivity contribution in [1.29, 1.82) is 0 Å². The maximum Gasteiger partial charge on any atom is 0.335 e. The second-order valence-corrected chi connectivity index (χ2v) is 4.16. The predicted octanol–water partition coefficient (Wildman–Crippen LogP) is 1.50. The topological polar surface area (TPSA) is 44.0 Å². The summed E-state index contributed by atoms with van der Waals surface area (Å²) < 4.78 is 2.46. The van der Waals surface area contributed by atoms with Gasteiger partial charge in [0.1, 0.15) is 0 Å². The zero-order chi connectivity index (χ0) is 12.6. The fraction of sp³-hybridized carbons (Fsp3) is 0.167. The lowest BCUT2D eigenvalue weighted by molar-refractivity contribution is 0.727. The molecule has 2 rings (SSSR count). The number of hydrogen-bond acceptors (Lipinski definition) is 2. The molecule has 4 nitrogen and oxygen atoms in total. The molecule has 0 spiro atoms. The van der Waals surface area contributed by atoms with Crippen LogP contribution < -0.4 is 11.2 Å². The third-order valence-electron chi connectivity index (χ3n) is 2.69.